The lowest BCUT2D eigenvalue weighted by molar-refractivity contribution is 0.104. The van der Waals surface area contributed by atoms with Gasteiger partial charge in [0.05, 0.1) is 0 Å². The normalized spacial score (nSPS) is 9.80. The van der Waals surface area contributed by atoms with E-state index in [0.717, 1.165) is 12.8 Å². The summed E-state index contributed by atoms with van der Waals surface area (Å²) >= 11 is 5.82. The van der Waals surface area contributed by atoms with Crippen LogP contribution in [0.25, 0.3) is 0 Å². The molecule has 1 rings (SSSR count). The molecule has 0 bridgehead atoms. The Hall–Kier alpha value is -1.08. The lowest BCUT2D eigenvalue weighted by Gasteiger charge is -2.00. The van der Waals surface area contributed by atoms with Crippen molar-refractivity contribution < 1.29 is 4.79 Å². The first-order chi connectivity index (χ1) is 7.17. The lowest BCUT2D eigenvalue weighted by atomic mass is 10.1. The molecule has 0 spiro atoms. The molecule has 0 atom stereocenters. The van der Waals surface area contributed by atoms with E-state index >= 15 is 0 Å². The van der Waals surface area contributed by atoms with Gasteiger partial charge in [0.1, 0.15) is 0 Å². The van der Waals surface area contributed by atoms with Crippen LogP contribution in [0.3, 0.4) is 0 Å². The summed E-state index contributed by atoms with van der Waals surface area (Å²) < 4.78 is 0. The van der Waals surface area contributed by atoms with E-state index in [1.54, 1.807) is 30.3 Å². The van der Waals surface area contributed by atoms with Crippen LogP contribution in [0.5, 0.6) is 0 Å². The Bertz CT molecular complexity index is 374. The zero-order valence-electron chi connectivity index (χ0n) is 9.09. The highest BCUT2D eigenvalue weighted by Crippen LogP contribution is 2.13. The number of carbonyl (C=O) groups excluding carboxylic acids is 1. The van der Waals surface area contributed by atoms with Crippen LogP contribution in [0.1, 0.15) is 37.0 Å². The molecule has 0 aliphatic rings. The highest BCUT2D eigenvalue weighted by Gasteiger charge is 2.03. The van der Waals surface area contributed by atoms with Gasteiger partial charge in [-0.25, -0.2) is 0 Å². The predicted octanol–water partition coefficient (Wildman–Crippen LogP) is 4.27. The lowest BCUT2D eigenvalue weighted by Crippen LogP contribution is -1.96. The molecule has 0 fully saturated rings. The van der Waals surface area contributed by atoms with Gasteiger partial charge in [-0.05, 0) is 31.1 Å². The monoisotopic (exact) mass is 222 g/mol. The minimum atomic E-state index is 0.0381. The molecule has 0 aromatic heterocycles. The first-order valence-corrected chi connectivity index (χ1v) is 5.54. The number of halogens is 1. The van der Waals surface area contributed by atoms with Crippen molar-refractivity contribution in [2.24, 2.45) is 0 Å². The van der Waals surface area contributed by atoms with Crippen LogP contribution >= 0.6 is 11.6 Å². The molecule has 0 aliphatic carbocycles. The van der Waals surface area contributed by atoms with Crippen molar-refractivity contribution in [3.8, 4) is 0 Å². The Morgan fingerprint density at radius 1 is 1.33 bits per heavy atom. The van der Waals surface area contributed by atoms with E-state index in [4.69, 9.17) is 11.6 Å². The number of ketones is 1. The minimum absolute atomic E-state index is 0.0381. The molecule has 0 N–H and O–H groups in total. The largest absolute Gasteiger partial charge is 0.289 e. The fourth-order valence-electron chi connectivity index (χ4n) is 1.36. The van der Waals surface area contributed by atoms with Crippen molar-refractivity contribution in [3.05, 3.63) is 46.5 Å². The molecule has 0 saturated carbocycles. The summed E-state index contributed by atoms with van der Waals surface area (Å²) in [4.78, 5) is 11.8. The minimum Gasteiger partial charge on any atom is -0.289 e. The van der Waals surface area contributed by atoms with Gasteiger partial charge >= 0.3 is 0 Å². The van der Waals surface area contributed by atoms with E-state index in [9.17, 15) is 4.79 Å². The number of carbonyl (C=O) groups is 1. The molecule has 0 amide bonds. The molecule has 1 aromatic carbocycles. The highest BCUT2D eigenvalue weighted by atomic mass is 35.5. The van der Waals surface area contributed by atoms with Gasteiger partial charge in [-0.1, -0.05) is 43.2 Å². The van der Waals surface area contributed by atoms with Gasteiger partial charge in [0.2, 0.25) is 0 Å². The number of benzene rings is 1. The Morgan fingerprint density at radius 3 is 2.53 bits per heavy atom. The van der Waals surface area contributed by atoms with E-state index < -0.39 is 0 Å². The van der Waals surface area contributed by atoms with Gasteiger partial charge < -0.3 is 0 Å². The summed E-state index contributed by atoms with van der Waals surface area (Å²) in [6, 6.07) is 7.04. The molecule has 1 nitrogen and oxygen atoms in total. The van der Waals surface area contributed by atoms with Crippen LogP contribution in [0.4, 0.5) is 0 Å². The van der Waals surface area contributed by atoms with Gasteiger partial charge in [-0.15, -0.1) is 0 Å². The molecule has 0 radical (unpaired) electrons. The Labute approximate surface area is 95.8 Å². The van der Waals surface area contributed by atoms with E-state index in [-0.39, 0.29) is 5.78 Å². The van der Waals surface area contributed by atoms with Crippen molar-refractivity contribution in [3.63, 3.8) is 0 Å². The summed E-state index contributed by atoms with van der Waals surface area (Å²) in [7, 11) is 0. The van der Waals surface area contributed by atoms with Gasteiger partial charge in [0, 0.05) is 10.6 Å². The van der Waals surface area contributed by atoms with E-state index in [1.807, 2.05) is 0 Å². The van der Waals surface area contributed by atoms with Crippen molar-refractivity contribution in [1.82, 2.24) is 0 Å². The molecular formula is C13H15ClO. The topological polar surface area (TPSA) is 17.1 Å². The van der Waals surface area contributed by atoms with Crippen LogP contribution in [0, 0.1) is 0 Å². The fourth-order valence-corrected chi connectivity index (χ4v) is 1.55. The average molecular weight is 223 g/mol. The smallest absolute Gasteiger partial charge is 0.185 e. The molecule has 0 aliphatic heterocycles. The standard InChI is InChI=1S/C13H15ClO/c1-3-10(4-2)8-13(15)11-6-5-7-12(14)9-11/h5-9H,3-4H2,1-2H3. The zero-order valence-corrected chi connectivity index (χ0v) is 9.84. The maximum atomic E-state index is 11.8. The second kappa shape index (κ2) is 5.72. The fraction of sp³-hybridized carbons (Fsp3) is 0.308. The summed E-state index contributed by atoms with van der Waals surface area (Å²) in [5.74, 6) is 0.0381. The molecular weight excluding hydrogens is 208 g/mol. The van der Waals surface area contributed by atoms with Gasteiger partial charge in [0.25, 0.3) is 0 Å². The van der Waals surface area contributed by atoms with Crippen LogP contribution in [0.2, 0.25) is 5.02 Å². The SMILES string of the molecule is CCC(=CC(=O)c1cccc(Cl)c1)CC. The van der Waals surface area contributed by atoms with Crippen molar-refractivity contribution >= 4 is 17.4 Å². The quantitative estimate of drug-likeness (QED) is 0.549. The van der Waals surface area contributed by atoms with Crippen molar-refractivity contribution in [2.75, 3.05) is 0 Å². The average Bonchev–Trinajstić information content (AvgIpc) is 2.25. The zero-order chi connectivity index (χ0) is 11.3. The number of rotatable bonds is 4. The van der Waals surface area contributed by atoms with E-state index in [1.165, 1.54) is 5.57 Å². The first kappa shape index (κ1) is 12.0. The van der Waals surface area contributed by atoms with Gasteiger partial charge in [-0.3, -0.25) is 4.79 Å². The van der Waals surface area contributed by atoms with Crippen molar-refractivity contribution in [1.29, 1.82) is 0 Å². The third-order valence-electron chi connectivity index (χ3n) is 2.35. The molecule has 80 valence electrons. The van der Waals surface area contributed by atoms with Crippen LogP contribution in [-0.4, -0.2) is 5.78 Å². The molecule has 0 saturated heterocycles. The molecule has 1 aromatic rings. The summed E-state index contributed by atoms with van der Waals surface area (Å²) in [6.07, 6.45) is 3.55. The Balaban J connectivity index is 2.90. The Morgan fingerprint density at radius 2 is 2.00 bits per heavy atom. The van der Waals surface area contributed by atoms with Crippen LogP contribution in [-0.2, 0) is 0 Å². The summed E-state index contributed by atoms with van der Waals surface area (Å²) in [5.41, 5.74) is 1.82. The van der Waals surface area contributed by atoms with E-state index in [2.05, 4.69) is 13.8 Å². The molecule has 2 heteroatoms. The maximum Gasteiger partial charge on any atom is 0.185 e. The molecule has 15 heavy (non-hydrogen) atoms. The maximum absolute atomic E-state index is 11.8. The second-order valence-corrected chi connectivity index (χ2v) is 3.82. The third kappa shape index (κ3) is 3.52. The van der Waals surface area contributed by atoms with Crippen LogP contribution < -0.4 is 0 Å². The Kier molecular flexibility index (Phi) is 4.57. The number of hydrogen-bond acceptors (Lipinski definition) is 1. The summed E-state index contributed by atoms with van der Waals surface area (Å²) in [6.45, 7) is 4.11. The third-order valence-corrected chi connectivity index (χ3v) is 2.59. The van der Waals surface area contributed by atoms with E-state index in [0.29, 0.717) is 10.6 Å². The summed E-state index contributed by atoms with van der Waals surface area (Å²) in [5, 5.41) is 0.601. The van der Waals surface area contributed by atoms with Gasteiger partial charge in [0.15, 0.2) is 5.78 Å². The highest BCUT2D eigenvalue weighted by molar-refractivity contribution is 6.31. The van der Waals surface area contributed by atoms with Gasteiger partial charge in [-0.2, -0.15) is 0 Å². The number of allylic oxidation sites excluding steroid dienone is 2. The van der Waals surface area contributed by atoms with Crippen molar-refractivity contribution in [2.45, 2.75) is 26.7 Å². The number of hydrogen-bond donors (Lipinski definition) is 0. The predicted molar refractivity (Wildman–Crippen MR) is 64.4 cm³/mol. The molecule has 0 unspecified atom stereocenters. The molecule has 0 heterocycles. The second-order valence-electron chi connectivity index (χ2n) is 3.38. The first-order valence-electron chi connectivity index (χ1n) is 5.16. The van der Waals surface area contributed by atoms with Crippen LogP contribution in [0.15, 0.2) is 35.9 Å².